The zero-order valence-corrected chi connectivity index (χ0v) is 17.3. The van der Waals surface area contributed by atoms with Crippen molar-refractivity contribution in [1.82, 2.24) is 14.5 Å². The van der Waals surface area contributed by atoms with Gasteiger partial charge in [0.1, 0.15) is 23.1 Å². The minimum atomic E-state index is -0.189. The maximum Gasteiger partial charge on any atom is 0.252 e. The van der Waals surface area contributed by atoms with Gasteiger partial charge in [-0.15, -0.1) is 0 Å². The Morgan fingerprint density at radius 1 is 1.17 bits per heavy atom. The number of nitrogens with zero attached hydrogens (tertiary/aromatic N) is 5. The van der Waals surface area contributed by atoms with Gasteiger partial charge in [-0.25, -0.2) is 9.37 Å². The highest BCUT2D eigenvalue weighted by molar-refractivity contribution is 5.89. The van der Waals surface area contributed by atoms with Gasteiger partial charge in [0.05, 0.1) is 11.2 Å². The highest BCUT2D eigenvalue weighted by Gasteiger charge is 2.31. The fourth-order valence-electron chi connectivity index (χ4n) is 4.19. The van der Waals surface area contributed by atoms with E-state index in [0.717, 1.165) is 12.2 Å². The van der Waals surface area contributed by atoms with E-state index in [4.69, 9.17) is 0 Å². The smallest absolute Gasteiger partial charge is 0.252 e. The molecule has 1 aromatic carbocycles. The first-order chi connectivity index (χ1) is 14.4. The van der Waals surface area contributed by atoms with Gasteiger partial charge in [0.25, 0.3) is 5.56 Å². The molecule has 30 heavy (non-hydrogen) atoms. The lowest BCUT2D eigenvalue weighted by atomic mass is 10.0. The number of nitriles is 1. The summed E-state index contributed by atoms with van der Waals surface area (Å²) in [7, 11) is 1.71. The van der Waals surface area contributed by atoms with Crippen molar-refractivity contribution in [3.05, 3.63) is 69.9 Å². The van der Waals surface area contributed by atoms with E-state index in [-0.39, 0.29) is 23.5 Å². The number of halogens is 1. The molecule has 0 unspecified atom stereocenters. The molecule has 2 atom stereocenters. The van der Waals surface area contributed by atoms with Crippen molar-refractivity contribution in [2.24, 2.45) is 7.05 Å². The molecule has 4 rings (SSSR count). The molecule has 0 bridgehead atoms. The molecule has 3 aromatic rings. The molecule has 1 aliphatic heterocycles. The quantitative estimate of drug-likeness (QED) is 0.670. The van der Waals surface area contributed by atoms with Gasteiger partial charge in [0.15, 0.2) is 0 Å². The zero-order valence-electron chi connectivity index (χ0n) is 17.3. The molecule has 0 N–H and O–H groups in total. The highest BCUT2D eigenvalue weighted by Crippen LogP contribution is 2.29. The molecule has 3 heterocycles. The molecule has 0 aliphatic carbocycles. The number of pyridine rings is 2. The van der Waals surface area contributed by atoms with E-state index in [1.807, 2.05) is 12.1 Å². The van der Waals surface area contributed by atoms with Crippen LogP contribution in [0.15, 0.2) is 47.3 Å². The molecular formula is C23H24FN5O. The Balaban J connectivity index is 1.68. The molecule has 0 radical (unpaired) electrons. The number of rotatable bonds is 3. The average Bonchev–Trinajstić information content (AvgIpc) is 2.74. The van der Waals surface area contributed by atoms with E-state index >= 15 is 0 Å². The van der Waals surface area contributed by atoms with Crippen LogP contribution in [0.2, 0.25) is 0 Å². The van der Waals surface area contributed by atoms with Crippen molar-refractivity contribution in [3.8, 4) is 6.07 Å². The second-order valence-electron chi connectivity index (χ2n) is 7.97. The lowest BCUT2D eigenvalue weighted by molar-refractivity contribution is 0.156. The lowest BCUT2D eigenvalue weighted by Gasteiger charge is -2.45. The summed E-state index contributed by atoms with van der Waals surface area (Å²) < 4.78 is 15.7. The van der Waals surface area contributed by atoms with Crippen molar-refractivity contribution in [1.29, 1.82) is 5.26 Å². The molecule has 0 spiro atoms. The first-order valence-electron chi connectivity index (χ1n) is 10.0. The topological polar surface area (TPSA) is 65.2 Å². The van der Waals surface area contributed by atoms with Crippen molar-refractivity contribution < 1.29 is 4.39 Å². The first kappa shape index (κ1) is 20.0. The molecule has 1 aliphatic rings. The van der Waals surface area contributed by atoms with Crippen LogP contribution in [0.3, 0.4) is 0 Å². The summed E-state index contributed by atoms with van der Waals surface area (Å²) in [6.45, 7) is 6.15. The Labute approximate surface area is 174 Å². The van der Waals surface area contributed by atoms with Gasteiger partial charge in [-0.3, -0.25) is 9.69 Å². The van der Waals surface area contributed by atoms with E-state index in [1.165, 1.54) is 6.07 Å². The second-order valence-corrected chi connectivity index (χ2v) is 7.97. The third-order valence-corrected chi connectivity index (χ3v) is 5.94. The van der Waals surface area contributed by atoms with Crippen LogP contribution in [0.25, 0.3) is 11.0 Å². The van der Waals surface area contributed by atoms with Crippen molar-refractivity contribution in [2.75, 3.05) is 18.0 Å². The summed E-state index contributed by atoms with van der Waals surface area (Å²) in [5.41, 5.74) is 2.99. The molecule has 1 saturated heterocycles. The summed E-state index contributed by atoms with van der Waals surface area (Å²) >= 11 is 0. The van der Waals surface area contributed by atoms with Crippen LogP contribution in [-0.2, 0) is 13.6 Å². The predicted octanol–water partition coefficient (Wildman–Crippen LogP) is 3.04. The minimum absolute atomic E-state index is 0.0934. The predicted molar refractivity (Wildman–Crippen MR) is 115 cm³/mol. The van der Waals surface area contributed by atoms with Crippen LogP contribution in [0.5, 0.6) is 0 Å². The maximum absolute atomic E-state index is 14.1. The van der Waals surface area contributed by atoms with Crippen molar-refractivity contribution in [3.63, 3.8) is 0 Å². The Morgan fingerprint density at radius 3 is 2.67 bits per heavy atom. The zero-order chi connectivity index (χ0) is 21.4. The molecule has 1 fully saturated rings. The van der Waals surface area contributed by atoms with Gasteiger partial charge in [0.2, 0.25) is 0 Å². The molecule has 0 amide bonds. The van der Waals surface area contributed by atoms with Gasteiger partial charge in [0, 0.05) is 50.4 Å². The third-order valence-electron chi connectivity index (χ3n) is 5.94. The van der Waals surface area contributed by atoms with E-state index < -0.39 is 0 Å². The highest BCUT2D eigenvalue weighted by atomic mass is 19.1. The Morgan fingerprint density at radius 2 is 1.93 bits per heavy atom. The van der Waals surface area contributed by atoms with E-state index in [1.54, 1.807) is 35.9 Å². The number of benzene rings is 1. The number of aromatic nitrogens is 2. The number of fused-ring (bicyclic) bond motifs is 1. The molecule has 2 aromatic heterocycles. The van der Waals surface area contributed by atoms with E-state index in [0.29, 0.717) is 35.4 Å². The first-order valence-corrected chi connectivity index (χ1v) is 10.0. The molecular weight excluding hydrogens is 381 g/mol. The average molecular weight is 405 g/mol. The summed E-state index contributed by atoms with van der Waals surface area (Å²) in [5, 5.41) is 9.28. The third kappa shape index (κ3) is 3.55. The van der Waals surface area contributed by atoms with Gasteiger partial charge >= 0.3 is 0 Å². The van der Waals surface area contributed by atoms with Gasteiger partial charge in [-0.05, 0) is 32.0 Å². The fourth-order valence-corrected chi connectivity index (χ4v) is 4.19. The SMILES string of the molecule is C[C@@H]1CN(c2cc(=O)n(C)c3ccc(C#N)nc23)[C@@H](C)CN1Cc1ccccc1F. The number of hydrogen-bond donors (Lipinski definition) is 0. The summed E-state index contributed by atoms with van der Waals surface area (Å²) in [6, 6.07) is 14.2. The number of piperazine rings is 1. The normalized spacial score (nSPS) is 19.8. The van der Waals surface area contributed by atoms with E-state index in [2.05, 4.69) is 34.7 Å². The molecule has 0 saturated carbocycles. The number of aryl methyl sites for hydroxylation is 1. The summed E-state index contributed by atoms with van der Waals surface area (Å²) in [5.74, 6) is -0.189. The standard InChI is InChI=1S/C23H24FN5O/c1-15-13-29(16(2)12-28(15)14-17-6-4-5-7-19(17)24)21-10-22(30)27(3)20-9-8-18(11-25)26-23(20)21/h4-10,15-16H,12-14H2,1-3H3/t15-,16+/m1/s1. The summed E-state index contributed by atoms with van der Waals surface area (Å²) in [6.07, 6.45) is 0. The van der Waals surface area contributed by atoms with Gasteiger partial charge in [-0.2, -0.15) is 5.26 Å². The van der Waals surface area contributed by atoms with Crippen LogP contribution < -0.4 is 10.5 Å². The van der Waals surface area contributed by atoms with Crippen LogP contribution in [-0.4, -0.2) is 39.6 Å². The maximum atomic E-state index is 14.1. The minimum Gasteiger partial charge on any atom is -0.364 e. The van der Waals surface area contributed by atoms with Crippen LogP contribution >= 0.6 is 0 Å². The molecule has 154 valence electrons. The summed E-state index contributed by atoms with van der Waals surface area (Å²) in [4.78, 5) is 21.5. The van der Waals surface area contributed by atoms with Crippen LogP contribution in [0, 0.1) is 17.1 Å². The van der Waals surface area contributed by atoms with E-state index in [9.17, 15) is 14.4 Å². The second kappa shape index (κ2) is 7.88. The fraction of sp³-hybridized carbons (Fsp3) is 0.348. The lowest BCUT2D eigenvalue weighted by Crippen LogP contribution is -2.56. The Kier molecular flexibility index (Phi) is 5.27. The monoisotopic (exact) mass is 405 g/mol. The van der Waals surface area contributed by atoms with Crippen molar-refractivity contribution in [2.45, 2.75) is 32.5 Å². The molecule has 6 nitrogen and oxygen atoms in total. The molecule has 7 heteroatoms. The van der Waals surface area contributed by atoms with Crippen molar-refractivity contribution >= 4 is 16.7 Å². The Hall–Kier alpha value is -3.24. The number of hydrogen-bond acceptors (Lipinski definition) is 5. The van der Waals surface area contributed by atoms with Crippen LogP contribution in [0.1, 0.15) is 25.1 Å². The van der Waals surface area contributed by atoms with Crippen LogP contribution in [0.4, 0.5) is 10.1 Å². The Bertz CT molecular complexity index is 1200. The van der Waals surface area contributed by atoms with Gasteiger partial charge < -0.3 is 9.47 Å². The largest absolute Gasteiger partial charge is 0.364 e. The number of anilines is 1. The van der Waals surface area contributed by atoms with Gasteiger partial charge in [-0.1, -0.05) is 18.2 Å².